The van der Waals surface area contributed by atoms with E-state index < -0.39 is 0 Å². The van der Waals surface area contributed by atoms with Gasteiger partial charge < -0.3 is 0 Å². The van der Waals surface area contributed by atoms with Crippen molar-refractivity contribution in [1.29, 1.82) is 0 Å². The van der Waals surface area contributed by atoms with E-state index in [9.17, 15) is 0 Å². The van der Waals surface area contributed by atoms with Gasteiger partial charge in [0.1, 0.15) is 0 Å². The minimum Gasteiger partial charge on any atom is -0.162 e. The summed E-state index contributed by atoms with van der Waals surface area (Å²) in [4.78, 5) is 0. The van der Waals surface area contributed by atoms with Crippen molar-refractivity contribution >= 4 is 27.7 Å². The zero-order valence-corrected chi connectivity index (χ0v) is 10.5. The second kappa shape index (κ2) is 5.54. The molecular weight excluding hydrogens is 232 g/mol. The van der Waals surface area contributed by atoms with Crippen molar-refractivity contribution in [3.05, 3.63) is 0 Å². The molecule has 1 fully saturated rings. The average Bonchev–Trinajstić information content (AvgIpc) is 2.51. The third-order valence-corrected chi connectivity index (χ3v) is 4.62. The average molecular weight is 251 g/mol. The van der Waals surface area contributed by atoms with Gasteiger partial charge in [0.05, 0.1) is 0 Å². The second-order valence-electron chi connectivity index (χ2n) is 4.17. The van der Waals surface area contributed by atoms with Crippen LogP contribution in [0.25, 0.3) is 0 Å². The highest BCUT2D eigenvalue weighted by molar-refractivity contribution is 9.09. The topological polar surface area (TPSA) is 0 Å². The van der Waals surface area contributed by atoms with Crippen LogP contribution in [0.5, 0.6) is 0 Å². The van der Waals surface area contributed by atoms with Crippen molar-refractivity contribution in [3.8, 4) is 0 Å². The molecule has 0 N–H and O–H groups in total. The minimum absolute atomic E-state index is 0.859. The number of alkyl halides is 1. The Bertz CT molecular complexity index is 119. The maximum atomic E-state index is 3.65. The molecule has 0 aliphatic carbocycles. The Morgan fingerprint density at radius 3 is 2.67 bits per heavy atom. The molecule has 0 aromatic rings. The van der Waals surface area contributed by atoms with Crippen molar-refractivity contribution < 1.29 is 0 Å². The first-order chi connectivity index (χ1) is 5.74. The molecule has 1 aliphatic heterocycles. The highest BCUT2D eigenvalue weighted by atomic mass is 79.9. The SMILES string of the molecule is CC(C)CC(CBr)C1CCSC1. The van der Waals surface area contributed by atoms with E-state index in [1.807, 2.05) is 0 Å². The molecule has 1 aliphatic rings. The van der Waals surface area contributed by atoms with E-state index >= 15 is 0 Å². The van der Waals surface area contributed by atoms with E-state index in [1.54, 1.807) is 0 Å². The van der Waals surface area contributed by atoms with Crippen molar-refractivity contribution in [2.45, 2.75) is 26.7 Å². The van der Waals surface area contributed by atoms with Gasteiger partial charge >= 0.3 is 0 Å². The third kappa shape index (κ3) is 3.29. The lowest BCUT2D eigenvalue weighted by molar-refractivity contribution is 0.337. The largest absolute Gasteiger partial charge is 0.162 e. The molecule has 1 rings (SSSR count). The van der Waals surface area contributed by atoms with Crippen LogP contribution in [0.2, 0.25) is 0 Å². The Morgan fingerprint density at radius 2 is 2.25 bits per heavy atom. The molecule has 2 atom stereocenters. The van der Waals surface area contributed by atoms with Gasteiger partial charge in [0.25, 0.3) is 0 Å². The maximum Gasteiger partial charge on any atom is 0.00627 e. The number of hydrogen-bond acceptors (Lipinski definition) is 1. The first kappa shape index (κ1) is 10.9. The zero-order chi connectivity index (χ0) is 8.97. The summed E-state index contributed by atoms with van der Waals surface area (Å²) in [6, 6.07) is 0. The highest BCUT2D eigenvalue weighted by Gasteiger charge is 2.24. The van der Waals surface area contributed by atoms with E-state index in [0.29, 0.717) is 0 Å². The van der Waals surface area contributed by atoms with Crippen LogP contribution in [0.3, 0.4) is 0 Å². The predicted molar refractivity (Wildman–Crippen MR) is 62.2 cm³/mol. The first-order valence-corrected chi connectivity index (χ1v) is 7.15. The molecular formula is C10H19BrS. The zero-order valence-electron chi connectivity index (χ0n) is 8.05. The molecule has 0 radical (unpaired) electrons. The summed E-state index contributed by atoms with van der Waals surface area (Å²) in [5.74, 6) is 5.59. The van der Waals surface area contributed by atoms with Crippen molar-refractivity contribution in [2.75, 3.05) is 16.8 Å². The van der Waals surface area contributed by atoms with E-state index in [-0.39, 0.29) is 0 Å². The van der Waals surface area contributed by atoms with Crippen molar-refractivity contribution in [2.24, 2.45) is 17.8 Å². The number of rotatable bonds is 4. The summed E-state index contributed by atoms with van der Waals surface area (Å²) in [5.41, 5.74) is 0. The monoisotopic (exact) mass is 250 g/mol. The first-order valence-electron chi connectivity index (χ1n) is 4.87. The predicted octanol–water partition coefficient (Wildman–Crippen LogP) is 3.80. The van der Waals surface area contributed by atoms with Crippen LogP contribution >= 0.6 is 27.7 Å². The third-order valence-electron chi connectivity index (χ3n) is 2.60. The van der Waals surface area contributed by atoms with Gasteiger partial charge in [0.15, 0.2) is 0 Å². The molecule has 0 aromatic heterocycles. The van der Waals surface area contributed by atoms with Crippen LogP contribution in [0.1, 0.15) is 26.7 Å². The van der Waals surface area contributed by atoms with Crippen LogP contribution in [-0.2, 0) is 0 Å². The fraction of sp³-hybridized carbons (Fsp3) is 1.00. The molecule has 72 valence electrons. The molecule has 2 heteroatoms. The van der Waals surface area contributed by atoms with Gasteiger partial charge in [-0.25, -0.2) is 0 Å². The van der Waals surface area contributed by atoms with E-state index in [1.165, 1.54) is 29.7 Å². The molecule has 0 nitrogen and oxygen atoms in total. The lowest BCUT2D eigenvalue weighted by atomic mass is 9.87. The number of halogens is 1. The lowest BCUT2D eigenvalue weighted by Crippen LogP contribution is -2.17. The van der Waals surface area contributed by atoms with Gasteiger partial charge in [0.2, 0.25) is 0 Å². The summed E-state index contributed by atoms with van der Waals surface area (Å²) < 4.78 is 0. The van der Waals surface area contributed by atoms with E-state index in [4.69, 9.17) is 0 Å². The van der Waals surface area contributed by atoms with Gasteiger partial charge in [-0.05, 0) is 42.1 Å². The lowest BCUT2D eigenvalue weighted by Gasteiger charge is -2.22. The van der Waals surface area contributed by atoms with Gasteiger partial charge in [-0.2, -0.15) is 11.8 Å². The van der Waals surface area contributed by atoms with Crippen molar-refractivity contribution in [3.63, 3.8) is 0 Å². The Balaban J connectivity index is 2.32. The van der Waals surface area contributed by atoms with Crippen LogP contribution in [0.4, 0.5) is 0 Å². The summed E-state index contributed by atoms with van der Waals surface area (Å²) in [6.07, 6.45) is 2.85. The van der Waals surface area contributed by atoms with Crippen LogP contribution < -0.4 is 0 Å². The normalized spacial score (nSPS) is 26.5. The number of thioether (sulfide) groups is 1. The maximum absolute atomic E-state index is 3.65. The highest BCUT2D eigenvalue weighted by Crippen LogP contribution is 2.33. The fourth-order valence-corrected chi connectivity index (χ4v) is 4.08. The molecule has 1 saturated heterocycles. The molecule has 0 spiro atoms. The molecule has 0 saturated carbocycles. The van der Waals surface area contributed by atoms with Crippen LogP contribution in [-0.4, -0.2) is 16.8 Å². The smallest absolute Gasteiger partial charge is 0.00627 e. The van der Waals surface area contributed by atoms with Gasteiger partial charge in [-0.1, -0.05) is 29.8 Å². The fourth-order valence-electron chi connectivity index (χ4n) is 1.91. The summed E-state index contributed by atoms with van der Waals surface area (Å²) in [7, 11) is 0. The Labute approximate surface area is 89.0 Å². The Morgan fingerprint density at radius 1 is 1.50 bits per heavy atom. The quantitative estimate of drug-likeness (QED) is 0.685. The molecule has 0 amide bonds. The molecule has 1 heterocycles. The molecule has 2 unspecified atom stereocenters. The van der Waals surface area contributed by atoms with E-state index in [0.717, 1.165) is 17.8 Å². The molecule has 0 bridgehead atoms. The summed E-state index contributed by atoms with van der Waals surface area (Å²) in [5, 5.41) is 1.20. The van der Waals surface area contributed by atoms with E-state index in [2.05, 4.69) is 41.5 Å². The second-order valence-corrected chi connectivity index (χ2v) is 5.96. The number of hydrogen-bond donors (Lipinski definition) is 0. The molecule has 12 heavy (non-hydrogen) atoms. The standard InChI is InChI=1S/C10H19BrS/c1-8(2)5-10(6-11)9-3-4-12-7-9/h8-10H,3-7H2,1-2H3. The van der Waals surface area contributed by atoms with Gasteiger partial charge in [-0.15, -0.1) is 0 Å². The Hall–Kier alpha value is 0.830. The van der Waals surface area contributed by atoms with Gasteiger partial charge in [0, 0.05) is 5.33 Å². The van der Waals surface area contributed by atoms with Crippen molar-refractivity contribution in [1.82, 2.24) is 0 Å². The summed E-state index contributed by atoms with van der Waals surface area (Å²) in [6.45, 7) is 4.66. The van der Waals surface area contributed by atoms with Crippen LogP contribution in [0, 0.1) is 17.8 Å². The van der Waals surface area contributed by atoms with Crippen LogP contribution in [0.15, 0.2) is 0 Å². The summed E-state index contributed by atoms with van der Waals surface area (Å²) >= 11 is 5.78. The Kier molecular flexibility index (Phi) is 5.03. The minimum atomic E-state index is 0.859. The molecule has 0 aromatic carbocycles. The van der Waals surface area contributed by atoms with Gasteiger partial charge in [-0.3, -0.25) is 0 Å².